The van der Waals surface area contributed by atoms with Crippen LogP contribution >= 0.6 is 0 Å². The first-order chi connectivity index (χ1) is 10.1. The Bertz CT molecular complexity index is 688. The maximum absolute atomic E-state index is 11.0. The quantitative estimate of drug-likeness (QED) is 0.748. The highest BCUT2D eigenvalue weighted by Crippen LogP contribution is 2.35. The maximum Gasteiger partial charge on any atom is 0.150 e. The first kappa shape index (κ1) is 16.3. The molecule has 0 radical (unpaired) electrons. The van der Waals surface area contributed by atoms with Crippen LogP contribution < -0.4 is 9.47 Å². The zero-order valence-electron chi connectivity index (χ0n) is 14.2. The average molecular weight is 300 g/mol. The van der Waals surface area contributed by atoms with E-state index < -0.39 is 0 Å². The zero-order chi connectivity index (χ0) is 16.5. The lowest BCUT2D eigenvalue weighted by Gasteiger charge is -2.25. The van der Waals surface area contributed by atoms with Crippen LogP contribution in [0.15, 0.2) is 30.3 Å². The predicted octanol–water partition coefficient (Wildman–Crippen LogP) is 5.01. The van der Waals surface area contributed by atoms with E-state index in [2.05, 4.69) is 0 Å². The molecule has 0 N–H and O–H groups in total. The first-order valence-electron chi connectivity index (χ1n) is 7.48. The number of aldehydes is 1. The Labute approximate surface area is 132 Å². The molecule has 0 unspecified atom stereocenters. The van der Waals surface area contributed by atoms with Crippen molar-refractivity contribution in [3.05, 3.63) is 35.9 Å². The van der Waals surface area contributed by atoms with Gasteiger partial charge in [0.15, 0.2) is 0 Å². The summed E-state index contributed by atoms with van der Waals surface area (Å²) in [5.41, 5.74) is 0.0353. The molecule has 0 aliphatic carbocycles. The Balaban J connectivity index is 2.60. The SMILES string of the molecule is CC(C)(C)Oc1cc(OC(C)(C)C)c2ccc(C=O)cc2c1. The van der Waals surface area contributed by atoms with Gasteiger partial charge in [0.2, 0.25) is 0 Å². The number of benzene rings is 2. The minimum atomic E-state index is -0.309. The summed E-state index contributed by atoms with van der Waals surface area (Å²) >= 11 is 0. The van der Waals surface area contributed by atoms with Crippen LogP contribution in [0.2, 0.25) is 0 Å². The lowest BCUT2D eigenvalue weighted by atomic mass is 10.1. The Kier molecular flexibility index (Phi) is 4.19. The number of fused-ring (bicyclic) bond motifs is 1. The smallest absolute Gasteiger partial charge is 0.150 e. The highest BCUT2D eigenvalue weighted by Gasteiger charge is 2.18. The second kappa shape index (κ2) is 5.64. The molecule has 0 aliphatic heterocycles. The summed E-state index contributed by atoms with van der Waals surface area (Å²) in [5, 5.41) is 1.91. The van der Waals surface area contributed by atoms with E-state index in [0.29, 0.717) is 5.56 Å². The van der Waals surface area contributed by atoms with E-state index in [9.17, 15) is 4.79 Å². The van der Waals surface area contributed by atoms with E-state index in [1.807, 2.05) is 65.8 Å². The third kappa shape index (κ3) is 4.23. The fourth-order valence-electron chi connectivity index (χ4n) is 2.23. The van der Waals surface area contributed by atoms with Gasteiger partial charge >= 0.3 is 0 Å². The Morgan fingerprint density at radius 2 is 1.50 bits per heavy atom. The van der Waals surface area contributed by atoms with Crippen molar-refractivity contribution in [2.75, 3.05) is 0 Å². The van der Waals surface area contributed by atoms with Gasteiger partial charge < -0.3 is 9.47 Å². The van der Waals surface area contributed by atoms with Gasteiger partial charge in [-0.25, -0.2) is 0 Å². The molecule has 0 fully saturated rings. The largest absolute Gasteiger partial charge is 0.488 e. The standard InChI is InChI=1S/C19H24O3/c1-18(2,3)21-15-10-14-9-13(12-20)7-8-16(14)17(11-15)22-19(4,5)6/h7-12H,1-6H3. The molecule has 2 rings (SSSR count). The molecule has 2 aromatic carbocycles. The molecule has 0 spiro atoms. The number of carbonyl (C=O) groups excluding carboxylic acids is 1. The van der Waals surface area contributed by atoms with Crippen LogP contribution in [-0.4, -0.2) is 17.5 Å². The van der Waals surface area contributed by atoms with Gasteiger partial charge in [-0.2, -0.15) is 0 Å². The molecule has 0 bridgehead atoms. The molecular formula is C19H24O3. The molecule has 0 aliphatic rings. The third-order valence-electron chi connectivity index (χ3n) is 2.89. The molecule has 0 saturated heterocycles. The summed E-state index contributed by atoms with van der Waals surface area (Å²) in [6, 6.07) is 9.44. The van der Waals surface area contributed by atoms with Gasteiger partial charge in [0.05, 0.1) is 0 Å². The predicted molar refractivity (Wildman–Crippen MR) is 90.1 cm³/mol. The van der Waals surface area contributed by atoms with Crippen molar-refractivity contribution in [1.29, 1.82) is 0 Å². The fraction of sp³-hybridized carbons (Fsp3) is 0.421. The number of hydrogen-bond donors (Lipinski definition) is 0. The van der Waals surface area contributed by atoms with Crippen molar-refractivity contribution in [3.8, 4) is 11.5 Å². The topological polar surface area (TPSA) is 35.5 Å². The van der Waals surface area contributed by atoms with Crippen LogP contribution in [0.1, 0.15) is 51.9 Å². The Morgan fingerprint density at radius 1 is 0.864 bits per heavy atom. The third-order valence-corrected chi connectivity index (χ3v) is 2.89. The normalized spacial score (nSPS) is 12.3. The van der Waals surface area contributed by atoms with E-state index in [-0.39, 0.29) is 11.2 Å². The van der Waals surface area contributed by atoms with Gasteiger partial charge in [-0.15, -0.1) is 0 Å². The van der Waals surface area contributed by atoms with Crippen LogP contribution in [0.3, 0.4) is 0 Å². The van der Waals surface area contributed by atoms with Crippen molar-refractivity contribution in [3.63, 3.8) is 0 Å². The maximum atomic E-state index is 11.0. The summed E-state index contributed by atoms with van der Waals surface area (Å²) in [5.74, 6) is 1.50. The monoisotopic (exact) mass is 300 g/mol. The molecule has 0 atom stereocenters. The molecule has 0 aromatic heterocycles. The van der Waals surface area contributed by atoms with Crippen LogP contribution in [0.25, 0.3) is 10.8 Å². The average Bonchev–Trinajstić information content (AvgIpc) is 2.34. The van der Waals surface area contributed by atoms with Crippen LogP contribution in [0.5, 0.6) is 11.5 Å². The Morgan fingerprint density at radius 3 is 2.05 bits per heavy atom. The van der Waals surface area contributed by atoms with Gasteiger partial charge in [0.25, 0.3) is 0 Å². The van der Waals surface area contributed by atoms with E-state index in [1.54, 1.807) is 6.07 Å². The molecule has 2 aromatic rings. The summed E-state index contributed by atoms with van der Waals surface area (Å²) in [7, 11) is 0. The zero-order valence-corrected chi connectivity index (χ0v) is 14.2. The molecule has 3 nitrogen and oxygen atoms in total. The minimum absolute atomic E-state index is 0.297. The molecule has 22 heavy (non-hydrogen) atoms. The van der Waals surface area contributed by atoms with Crippen molar-refractivity contribution in [2.24, 2.45) is 0 Å². The van der Waals surface area contributed by atoms with Gasteiger partial charge in [-0.1, -0.05) is 6.07 Å². The molecule has 3 heteroatoms. The van der Waals surface area contributed by atoms with Crippen LogP contribution in [0.4, 0.5) is 0 Å². The number of carbonyl (C=O) groups is 1. The van der Waals surface area contributed by atoms with Gasteiger partial charge in [0, 0.05) is 17.0 Å². The highest BCUT2D eigenvalue weighted by atomic mass is 16.5. The van der Waals surface area contributed by atoms with Crippen LogP contribution in [0, 0.1) is 0 Å². The van der Waals surface area contributed by atoms with Crippen LogP contribution in [-0.2, 0) is 0 Å². The van der Waals surface area contributed by atoms with Gasteiger partial charge in [0.1, 0.15) is 29.0 Å². The van der Waals surface area contributed by atoms with E-state index in [0.717, 1.165) is 28.6 Å². The summed E-state index contributed by atoms with van der Waals surface area (Å²) in [4.78, 5) is 11.0. The summed E-state index contributed by atoms with van der Waals surface area (Å²) in [6.45, 7) is 12.0. The highest BCUT2D eigenvalue weighted by molar-refractivity contribution is 5.93. The molecule has 118 valence electrons. The number of rotatable bonds is 3. The number of hydrogen-bond acceptors (Lipinski definition) is 3. The van der Waals surface area contributed by atoms with E-state index in [1.165, 1.54) is 0 Å². The summed E-state index contributed by atoms with van der Waals surface area (Å²) in [6.07, 6.45) is 0.848. The summed E-state index contributed by atoms with van der Waals surface area (Å²) < 4.78 is 12.0. The minimum Gasteiger partial charge on any atom is -0.488 e. The Hall–Kier alpha value is -2.03. The van der Waals surface area contributed by atoms with E-state index in [4.69, 9.17) is 9.47 Å². The first-order valence-corrected chi connectivity index (χ1v) is 7.48. The van der Waals surface area contributed by atoms with Crippen molar-refractivity contribution in [1.82, 2.24) is 0 Å². The second-order valence-electron chi connectivity index (χ2n) is 7.45. The van der Waals surface area contributed by atoms with E-state index >= 15 is 0 Å². The fourth-order valence-corrected chi connectivity index (χ4v) is 2.23. The molecule has 0 amide bonds. The van der Waals surface area contributed by atoms with Crippen molar-refractivity contribution < 1.29 is 14.3 Å². The van der Waals surface area contributed by atoms with Crippen molar-refractivity contribution in [2.45, 2.75) is 52.7 Å². The molecular weight excluding hydrogens is 276 g/mol. The molecule has 0 saturated carbocycles. The van der Waals surface area contributed by atoms with Gasteiger partial charge in [-0.3, -0.25) is 4.79 Å². The lowest BCUT2D eigenvalue weighted by molar-refractivity contribution is 0.112. The molecule has 0 heterocycles. The lowest BCUT2D eigenvalue weighted by Crippen LogP contribution is -2.24. The number of ether oxygens (including phenoxy) is 2. The van der Waals surface area contributed by atoms with Gasteiger partial charge in [-0.05, 0) is 65.1 Å². The van der Waals surface area contributed by atoms with Crippen molar-refractivity contribution >= 4 is 17.1 Å². The second-order valence-corrected chi connectivity index (χ2v) is 7.45.